The van der Waals surface area contributed by atoms with Crippen LogP contribution in [-0.4, -0.2) is 31.7 Å². The van der Waals surface area contributed by atoms with Crippen LogP contribution in [0.25, 0.3) is 17.1 Å². The summed E-state index contributed by atoms with van der Waals surface area (Å²) in [6, 6.07) is 5.37. The second kappa shape index (κ2) is 5.20. The molecule has 0 radical (unpaired) electrons. The average Bonchev–Trinajstić information content (AvgIpc) is 2.94. The van der Waals surface area contributed by atoms with Crippen LogP contribution in [0.3, 0.4) is 0 Å². The Bertz CT molecular complexity index is 823. The Labute approximate surface area is 120 Å². The van der Waals surface area contributed by atoms with Gasteiger partial charge < -0.3 is 4.74 Å². The maximum atomic E-state index is 12.4. The van der Waals surface area contributed by atoms with Crippen LogP contribution in [0.2, 0.25) is 0 Å². The average molecular weight is 283 g/mol. The van der Waals surface area contributed by atoms with Crippen LogP contribution in [0.1, 0.15) is 0 Å². The van der Waals surface area contributed by atoms with Crippen molar-refractivity contribution in [3.63, 3.8) is 0 Å². The number of ether oxygens (including phenoxy) is 1. The Hall–Kier alpha value is -2.96. The van der Waals surface area contributed by atoms with Crippen molar-refractivity contribution in [2.24, 2.45) is 7.05 Å². The molecule has 7 nitrogen and oxygen atoms in total. The van der Waals surface area contributed by atoms with E-state index in [-0.39, 0.29) is 16.9 Å². The molecule has 0 aliphatic carbocycles. The first kappa shape index (κ1) is 13.0. The van der Waals surface area contributed by atoms with Crippen molar-refractivity contribution in [1.82, 2.24) is 24.5 Å². The summed E-state index contributed by atoms with van der Waals surface area (Å²) in [5.41, 5.74) is 1.36. The zero-order valence-corrected chi connectivity index (χ0v) is 11.6. The Morgan fingerprint density at radius 2 is 2.10 bits per heavy atom. The highest BCUT2D eigenvalue weighted by atomic mass is 16.5. The second-order valence-electron chi connectivity index (χ2n) is 4.37. The van der Waals surface area contributed by atoms with Gasteiger partial charge in [-0.1, -0.05) is 0 Å². The highest BCUT2D eigenvalue weighted by Gasteiger charge is 2.15. The van der Waals surface area contributed by atoms with Crippen LogP contribution >= 0.6 is 0 Å². The third-order valence-electron chi connectivity index (χ3n) is 3.08. The number of aromatic nitrogens is 5. The van der Waals surface area contributed by atoms with Crippen LogP contribution in [0.4, 0.5) is 0 Å². The van der Waals surface area contributed by atoms with Crippen molar-refractivity contribution in [1.29, 1.82) is 0 Å². The summed E-state index contributed by atoms with van der Waals surface area (Å²) < 4.78 is 8.32. The molecule has 0 aliphatic rings. The molecule has 3 aromatic rings. The molecular formula is C14H13N5O2. The molecule has 0 fully saturated rings. The van der Waals surface area contributed by atoms with E-state index in [2.05, 4.69) is 15.2 Å². The van der Waals surface area contributed by atoms with Gasteiger partial charge in [0, 0.05) is 19.4 Å². The Morgan fingerprint density at radius 1 is 1.24 bits per heavy atom. The van der Waals surface area contributed by atoms with Gasteiger partial charge in [-0.15, -0.1) is 0 Å². The Morgan fingerprint density at radius 3 is 2.71 bits per heavy atom. The van der Waals surface area contributed by atoms with Gasteiger partial charge in [-0.25, -0.2) is 4.68 Å². The van der Waals surface area contributed by atoms with E-state index in [0.29, 0.717) is 5.69 Å². The molecule has 0 aromatic carbocycles. The highest BCUT2D eigenvalue weighted by Crippen LogP contribution is 2.16. The number of hydrogen-bond donors (Lipinski definition) is 0. The van der Waals surface area contributed by atoms with Crippen LogP contribution in [0.15, 0.2) is 47.8 Å². The molecule has 0 amide bonds. The van der Waals surface area contributed by atoms with E-state index in [0.717, 1.165) is 5.69 Å². The quantitative estimate of drug-likeness (QED) is 0.718. The number of nitrogens with zero attached hydrogens (tertiary/aromatic N) is 5. The number of pyridine rings is 1. The fourth-order valence-electron chi connectivity index (χ4n) is 2.01. The van der Waals surface area contributed by atoms with Gasteiger partial charge in [0.2, 0.25) is 0 Å². The van der Waals surface area contributed by atoms with Crippen molar-refractivity contribution in [3.05, 3.63) is 53.2 Å². The van der Waals surface area contributed by atoms with Crippen molar-refractivity contribution in [3.8, 4) is 22.8 Å². The van der Waals surface area contributed by atoms with E-state index in [9.17, 15) is 4.79 Å². The molecule has 0 unspecified atom stereocenters. The molecule has 0 N–H and O–H groups in total. The van der Waals surface area contributed by atoms with Crippen LogP contribution < -0.4 is 10.2 Å². The second-order valence-corrected chi connectivity index (χ2v) is 4.37. The van der Waals surface area contributed by atoms with Crippen molar-refractivity contribution >= 4 is 0 Å². The summed E-state index contributed by atoms with van der Waals surface area (Å²) in [6.07, 6.45) is 6.48. The highest BCUT2D eigenvalue weighted by molar-refractivity contribution is 5.55. The number of rotatable bonds is 3. The topological polar surface area (TPSA) is 74.8 Å². The smallest absolute Gasteiger partial charge is 0.251 e. The molecule has 3 aromatic heterocycles. The van der Waals surface area contributed by atoms with Crippen molar-refractivity contribution in [2.75, 3.05) is 7.11 Å². The molecule has 7 heteroatoms. The van der Waals surface area contributed by atoms with Gasteiger partial charge in [-0.05, 0) is 18.2 Å². The van der Waals surface area contributed by atoms with E-state index < -0.39 is 0 Å². The molecular weight excluding hydrogens is 270 g/mol. The lowest BCUT2D eigenvalue weighted by Crippen LogP contribution is -2.17. The largest absolute Gasteiger partial charge is 0.491 e. The van der Waals surface area contributed by atoms with Gasteiger partial charge in [0.15, 0.2) is 11.4 Å². The first-order valence-corrected chi connectivity index (χ1v) is 6.27. The summed E-state index contributed by atoms with van der Waals surface area (Å²) in [5, 5.41) is 8.45. The minimum atomic E-state index is -0.277. The van der Waals surface area contributed by atoms with Crippen molar-refractivity contribution < 1.29 is 4.74 Å². The summed E-state index contributed by atoms with van der Waals surface area (Å²) in [4.78, 5) is 16.4. The Kier molecular flexibility index (Phi) is 3.23. The third kappa shape index (κ3) is 2.29. The normalized spacial score (nSPS) is 10.6. The van der Waals surface area contributed by atoms with Gasteiger partial charge in [-0.3, -0.25) is 14.5 Å². The van der Waals surface area contributed by atoms with Gasteiger partial charge >= 0.3 is 0 Å². The molecule has 3 heterocycles. The maximum absolute atomic E-state index is 12.4. The first-order valence-electron chi connectivity index (χ1n) is 6.27. The van der Waals surface area contributed by atoms with E-state index >= 15 is 0 Å². The van der Waals surface area contributed by atoms with E-state index in [1.54, 1.807) is 53.3 Å². The minimum absolute atomic E-state index is 0.213. The monoisotopic (exact) mass is 283 g/mol. The van der Waals surface area contributed by atoms with Crippen LogP contribution in [0, 0.1) is 0 Å². The van der Waals surface area contributed by atoms with Gasteiger partial charge in [0.1, 0.15) is 0 Å². The predicted molar refractivity (Wildman–Crippen MR) is 76.4 cm³/mol. The summed E-state index contributed by atoms with van der Waals surface area (Å²) in [5.74, 6) is 0.213. The number of methoxy groups -OCH3 is 1. The Balaban J connectivity index is 2.26. The minimum Gasteiger partial charge on any atom is -0.491 e. The third-order valence-corrected chi connectivity index (χ3v) is 3.08. The van der Waals surface area contributed by atoms with E-state index in [4.69, 9.17) is 4.74 Å². The van der Waals surface area contributed by atoms with Crippen LogP contribution in [0.5, 0.6) is 5.75 Å². The molecule has 3 rings (SSSR count). The predicted octanol–water partition coefficient (Wildman–Crippen LogP) is 1.04. The summed E-state index contributed by atoms with van der Waals surface area (Å²) >= 11 is 0. The summed E-state index contributed by atoms with van der Waals surface area (Å²) in [6.45, 7) is 0. The van der Waals surface area contributed by atoms with Gasteiger partial charge in [0.25, 0.3) is 5.43 Å². The van der Waals surface area contributed by atoms with E-state index in [1.165, 1.54) is 7.11 Å². The zero-order valence-electron chi connectivity index (χ0n) is 11.6. The lowest BCUT2D eigenvalue weighted by atomic mass is 10.2. The lowest BCUT2D eigenvalue weighted by Gasteiger charge is -2.10. The maximum Gasteiger partial charge on any atom is 0.251 e. The zero-order chi connectivity index (χ0) is 14.8. The molecule has 106 valence electrons. The molecule has 0 atom stereocenters. The number of aryl methyl sites for hydroxylation is 1. The number of hydrogen-bond acceptors (Lipinski definition) is 5. The molecule has 0 saturated heterocycles. The lowest BCUT2D eigenvalue weighted by molar-refractivity contribution is 0.405. The van der Waals surface area contributed by atoms with Gasteiger partial charge in [0.05, 0.1) is 30.9 Å². The molecule has 0 saturated carbocycles. The first-order chi connectivity index (χ1) is 10.2. The molecule has 21 heavy (non-hydrogen) atoms. The van der Waals surface area contributed by atoms with Crippen molar-refractivity contribution in [2.45, 2.75) is 0 Å². The fourth-order valence-corrected chi connectivity index (χ4v) is 2.01. The molecule has 0 bridgehead atoms. The standard InChI is InChI=1S/C14H13N5O2/c1-18-11(5-7-16-18)13-14(20)12(21-2)9-19(17-13)10-4-3-6-15-8-10/h3-9H,1-2H3. The fraction of sp³-hybridized carbons (Fsp3) is 0.143. The molecule has 0 aliphatic heterocycles. The summed E-state index contributed by atoms with van der Waals surface area (Å²) in [7, 11) is 3.21. The van der Waals surface area contributed by atoms with Gasteiger partial charge in [-0.2, -0.15) is 10.2 Å². The van der Waals surface area contributed by atoms with Crippen LogP contribution in [-0.2, 0) is 7.05 Å². The van der Waals surface area contributed by atoms with E-state index in [1.807, 2.05) is 6.07 Å². The SMILES string of the molecule is COc1cn(-c2cccnc2)nc(-c2ccnn2C)c1=O. The molecule has 0 spiro atoms.